The number of benzene rings is 2. The number of fused-ring (bicyclic) bond motifs is 1. The van der Waals surface area contributed by atoms with Gasteiger partial charge in [-0.05, 0) is 31.0 Å². The molecular formula is C22H22F2N2O5S. The second kappa shape index (κ2) is 9.25. The molecule has 1 atom stereocenters. The SMILES string of the molecule is COc1cc(C(=O)N(CC2CCCO2)c2nc3c(F)cc(F)cc3s2)cc(OC)c1OC. The topological polar surface area (TPSA) is 70.1 Å². The predicted molar refractivity (Wildman–Crippen MR) is 116 cm³/mol. The Balaban J connectivity index is 1.79. The van der Waals surface area contributed by atoms with Gasteiger partial charge in [-0.3, -0.25) is 9.69 Å². The van der Waals surface area contributed by atoms with Crippen molar-refractivity contribution in [2.75, 3.05) is 39.4 Å². The molecule has 10 heteroatoms. The molecule has 2 heterocycles. The lowest BCUT2D eigenvalue weighted by Gasteiger charge is -2.24. The molecule has 32 heavy (non-hydrogen) atoms. The van der Waals surface area contributed by atoms with Crippen LogP contribution in [0.2, 0.25) is 0 Å². The number of ether oxygens (including phenoxy) is 4. The molecule has 4 rings (SSSR count). The van der Waals surface area contributed by atoms with Crippen LogP contribution in [0.4, 0.5) is 13.9 Å². The number of amides is 1. The molecule has 0 bridgehead atoms. The Kier molecular flexibility index (Phi) is 6.43. The molecule has 1 aromatic heterocycles. The Hall–Kier alpha value is -2.98. The molecule has 0 spiro atoms. The van der Waals surface area contributed by atoms with Crippen LogP contribution in [0.3, 0.4) is 0 Å². The van der Waals surface area contributed by atoms with Gasteiger partial charge >= 0.3 is 0 Å². The molecule has 0 aliphatic carbocycles. The van der Waals surface area contributed by atoms with Crippen molar-refractivity contribution in [3.8, 4) is 17.2 Å². The number of hydrogen-bond acceptors (Lipinski definition) is 7. The van der Waals surface area contributed by atoms with E-state index in [9.17, 15) is 13.6 Å². The number of hydrogen-bond donors (Lipinski definition) is 0. The molecule has 0 saturated carbocycles. The summed E-state index contributed by atoms with van der Waals surface area (Å²) in [6.07, 6.45) is 1.48. The number of nitrogens with zero attached hydrogens (tertiary/aromatic N) is 2. The first-order valence-corrected chi connectivity index (χ1v) is 10.8. The summed E-state index contributed by atoms with van der Waals surface area (Å²) in [6, 6.07) is 5.06. The maximum atomic E-state index is 14.3. The Labute approximate surface area is 187 Å². The Bertz CT molecular complexity index is 1120. The maximum Gasteiger partial charge on any atom is 0.260 e. The third kappa shape index (κ3) is 4.20. The van der Waals surface area contributed by atoms with Gasteiger partial charge in [0, 0.05) is 18.2 Å². The first kappa shape index (κ1) is 22.2. The summed E-state index contributed by atoms with van der Waals surface area (Å²) in [6.45, 7) is 0.829. The van der Waals surface area contributed by atoms with Gasteiger partial charge in [0.15, 0.2) is 22.4 Å². The van der Waals surface area contributed by atoms with Gasteiger partial charge in [-0.15, -0.1) is 0 Å². The van der Waals surface area contributed by atoms with Crippen molar-refractivity contribution in [3.05, 3.63) is 41.5 Å². The van der Waals surface area contributed by atoms with Crippen molar-refractivity contribution in [1.82, 2.24) is 4.98 Å². The molecule has 1 unspecified atom stereocenters. The highest BCUT2D eigenvalue weighted by molar-refractivity contribution is 7.22. The van der Waals surface area contributed by atoms with E-state index in [0.29, 0.717) is 28.6 Å². The second-order valence-corrected chi connectivity index (χ2v) is 8.20. The van der Waals surface area contributed by atoms with Crippen LogP contribution in [0.5, 0.6) is 17.2 Å². The lowest BCUT2D eigenvalue weighted by Crippen LogP contribution is -2.37. The minimum Gasteiger partial charge on any atom is -0.493 e. The number of rotatable bonds is 7. The standard InChI is InChI=1S/C22H22F2N2O5S/c1-28-16-7-12(8-17(29-2)20(16)30-3)21(27)26(11-14-5-4-6-31-14)22-25-19-15(24)9-13(23)10-18(19)32-22/h7-10,14H,4-6,11H2,1-3H3. The van der Waals surface area contributed by atoms with E-state index < -0.39 is 17.5 Å². The van der Waals surface area contributed by atoms with E-state index in [-0.39, 0.29) is 28.9 Å². The summed E-state index contributed by atoms with van der Waals surface area (Å²) < 4.78 is 50.0. The Morgan fingerprint density at radius 1 is 1.16 bits per heavy atom. The summed E-state index contributed by atoms with van der Waals surface area (Å²) in [4.78, 5) is 19.3. The molecule has 7 nitrogen and oxygen atoms in total. The third-order valence-electron chi connectivity index (χ3n) is 5.20. The first-order chi connectivity index (χ1) is 15.4. The highest BCUT2D eigenvalue weighted by atomic mass is 32.1. The summed E-state index contributed by atoms with van der Waals surface area (Å²) in [5.74, 6) is -0.879. The van der Waals surface area contributed by atoms with Gasteiger partial charge in [0.25, 0.3) is 5.91 Å². The van der Waals surface area contributed by atoms with Crippen molar-refractivity contribution in [3.63, 3.8) is 0 Å². The molecule has 0 N–H and O–H groups in total. The summed E-state index contributed by atoms with van der Waals surface area (Å²) in [5.41, 5.74) is 0.282. The predicted octanol–water partition coefficient (Wildman–Crippen LogP) is 4.43. The van der Waals surface area contributed by atoms with E-state index in [1.54, 1.807) is 12.1 Å². The fraction of sp³-hybridized carbons (Fsp3) is 0.364. The number of anilines is 1. The van der Waals surface area contributed by atoms with Crippen LogP contribution < -0.4 is 19.1 Å². The van der Waals surface area contributed by atoms with E-state index in [1.165, 1.54) is 32.3 Å². The molecule has 1 aliphatic rings. The lowest BCUT2D eigenvalue weighted by molar-refractivity contribution is 0.0917. The number of carbonyl (C=O) groups excluding carboxylic acids is 1. The average Bonchev–Trinajstić information content (AvgIpc) is 3.45. The van der Waals surface area contributed by atoms with E-state index in [0.717, 1.165) is 30.2 Å². The van der Waals surface area contributed by atoms with Crippen molar-refractivity contribution < 1.29 is 32.5 Å². The maximum absolute atomic E-state index is 14.3. The highest BCUT2D eigenvalue weighted by Crippen LogP contribution is 2.39. The fourth-order valence-corrected chi connectivity index (χ4v) is 4.67. The Morgan fingerprint density at radius 3 is 2.47 bits per heavy atom. The molecule has 170 valence electrons. The largest absolute Gasteiger partial charge is 0.493 e. The van der Waals surface area contributed by atoms with Gasteiger partial charge in [0.2, 0.25) is 5.75 Å². The monoisotopic (exact) mass is 464 g/mol. The summed E-state index contributed by atoms with van der Waals surface area (Å²) in [5, 5.41) is 0.249. The molecule has 3 aromatic rings. The number of halogens is 2. The normalized spacial score (nSPS) is 15.7. The van der Waals surface area contributed by atoms with Crippen LogP contribution in [0, 0.1) is 11.6 Å². The van der Waals surface area contributed by atoms with E-state index in [4.69, 9.17) is 18.9 Å². The molecule has 2 aromatic carbocycles. The third-order valence-corrected chi connectivity index (χ3v) is 6.23. The Morgan fingerprint density at radius 2 is 1.88 bits per heavy atom. The van der Waals surface area contributed by atoms with E-state index in [2.05, 4.69) is 4.98 Å². The van der Waals surface area contributed by atoms with Gasteiger partial charge < -0.3 is 18.9 Å². The zero-order valence-corrected chi connectivity index (χ0v) is 18.6. The van der Waals surface area contributed by atoms with Gasteiger partial charge in [-0.2, -0.15) is 0 Å². The van der Waals surface area contributed by atoms with Crippen LogP contribution in [0.25, 0.3) is 10.2 Å². The molecule has 1 saturated heterocycles. The first-order valence-electron chi connectivity index (χ1n) is 9.94. The van der Waals surface area contributed by atoms with Crippen LogP contribution in [0.1, 0.15) is 23.2 Å². The lowest BCUT2D eigenvalue weighted by atomic mass is 10.1. The quantitative estimate of drug-likeness (QED) is 0.515. The van der Waals surface area contributed by atoms with Crippen molar-refractivity contribution in [2.24, 2.45) is 0 Å². The van der Waals surface area contributed by atoms with Crippen LogP contribution in [-0.4, -0.2) is 51.5 Å². The van der Waals surface area contributed by atoms with Crippen molar-refractivity contribution in [2.45, 2.75) is 18.9 Å². The van der Waals surface area contributed by atoms with Crippen LogP contribution >= 0.6 is 11.3 Å². The smallest absolute Gasteiger partial charge is 0.260 e. The van der Waals surface area contributed by atoms with Crippen molar-refractivity contribution >= 4 is 32.6 Å². The zero-order valence-electron chi connectivity index (χ0n) is 17.8. The van der Waals surface area contributed by atoms with Crippen LogP contribution in [0.15, 0.2) is 24.3 Å². The minimum atomic E-state index is -0.778. The molecule has 1 aliphatic heterocycles. The van der Waals surface area contributed by atoms with Crippen molar-refractivity contribution in [1.29, 1.82) is 0 Å². The zero-order chi connectivity index (χ0) is 22.8. The van der Waals surface area contributed by atoms with Gasteiger partial charge in [0.1, 0.15) is 11.3 Å². The van der Waals surface area contributed by atoms with E-state index in [1.807, 2.05) is 0 Å². The van der Waals surface area contributed by atoms with Gasteiger partial charge in [0.05, 0.1) is 38.7 Å². The van der Waals surface area contributed by atoms with Gasteiger partial charge in [-0.1, -0.05) is 11.3 Å². The van der Waals surface area contributed by atoms with E-state index >= 15 is 0 Å². The number of methoxy groups -OCH3 is 3. The summed E-state index contributed by atoms with van der Waals surface area (Å²) >= 11 is 1.04. The molecule has 1 fully saturated rings. The number of carbonyl (C=O) groups is 1. The molecular weight excluding hydrogens is 442 g/mol. The fourth-order valence-electron chi connectivity index (χ4n) is 3.66. The summed E-state index contributed by atoms with van der Waals surface area (Å²) in [7, 11) is 4.39. The average molecular weight is 464 g/mol. The highest BCUT2D eigenvalue weighted by Gasteiger charge is 2.29. The molecule has 0 radical (unpaired) electrons. The van der Waals surface area contributed by atoms with Gasteiger partial charge in [-0.25, -0.2) is 13.8 Å². The van der Waals surface area contributed by atoms with Crippen LogP contribution in [-0.2, 0) is 4.74 Å². The minimum absolute atomic E-state index is 0.0152. The number of aromatic nitrogens is 1. The molecule has 1 amide bonds. The second-order valence-electron chi connectivity index (χ2n) is 7.20. The number of thiazole rings is 1.